The Kier molecular flexibility index (Phi) is 6.36. The summed E-state index contributed by atoms with van der Waals surface area (Å²) in [6.07, 6.45) is 0.794. The van der Waals surface area contributed by atoms with Crippen molar-refractivity contribution in [3.63, 3.8) is 0 Å². The fourth-order valence-corrected chi connectivity index (χ4v) is 6.56. The standard InChI is InChI=1S/C26H26F2N4O4S2/c1-13-8-26(28,9-14(2)35-13)24-29-16(12-37-24)11-34-20-5-17(33-4)6-21-18(20)7-22(36-21)19-10-32-25(30-19)38-23(31-32)15(3)27/h5-7,10,12-15H,8-9,11H2,1-4H3. The molecule has 0 saturated carbocycles. The Bertz CT molecular complexity index is 1570. The van der Waals surface area contributed by atoms with Gasteiger partial charge in [0.15, 0.2) is 22.6 Å². The Balaban J connectivity index is 1.26. The lowest BCUT2D eigenvalue weighted by Gasteiger charge is -2.35. The Morgan fingerprint density at radius 2 is 2.00 bits per heavy atom. The third kappa shape index (κ3) is 4.65. The number of aromatic nitrogens is 4. The maximum Gasteiger partial charge on any atom is 0.212 e. The van der Waals surface area contributed by atoms with Gasteiger partial charge in [-0.05, 0) is 26.8 Å². The molecule has 1 aromatic carbocycles. The van der Waals surface area contributed by atoms with Gasteiger partial charge in [-0.15, -0.1) is 11.3 Å². The van der Waals surface area contributed by atoms with Crippen LogP contribution in [0.1, 0.15) is 55.5 Å². The van der Waals surface area contributed by atoms with Crippen molar-refractivity contribution in [2.45, 2.75) is 64.3 Å². The number of benzene rings is 1. The van der Waals surface area contributed by atoms with Gasteiger partial charge in [0.05, 0.1) is 36.6 Å². The van der Waals surface area contributed by atoms with Gasteiger partial charge in [-0.3, -0.25) is 0 Å². The molecule has 0 spiro atoms. The van der Waals surface area contributed by atoms with Crippen LogP contribution in [0.15, 0.2) is 34.2 Å². The quantitative estimate of drug-likeness (QED) is 0.211. The van der Waals surface area contributed by atoms with Crippen LogP contribution in [0.2, 0.25) is 0 Å². The van der Waals surface area contributed by atoms with Crippen LogP contribution < -0.4 is 9.47 Å². The molecule has 0 bridgehead atoms. The van der Waals surface area contributed by atoms with Crippen molar-refractivity contribution in [2.75, 3.05) is 7.11 Å². The van der Waals surface area contributed by atoms with Crippen molar-refractivity contribution >= 4 is 38.6 Å². The summed E-state index contributed by atoms with van der Waals surface area (Å²) in [5.74, 6) is 1.62. The highest BCUT2D eigenvalue weighted by Crippen LogP contribution is 2.43. The number of rotatable bonds is 7. The predicted octanol–water partition coefficient (Wildman–Crippen LogP) is 7.03. The van der Waals surface area contributed by atoms with Gasteiger partial charge in [-0.25, -0.2) is 23.3 Å². The van der Waals surface area contributed by atoms with Gasteiger partial charge in [0.25, 0.3) is 0 Å². The SMILES string of the molecule is COc1cc(OCc2csc(C3(F)CC(C)OC(C)C3)n2)c2cc(-c3cn4nc(C(C)F)sc4n3)oc2c1. The van der Waals surface area contributed by atoms with Gasteiger partial charge in [0.2, 0.25) is 4.96 Å². The number of alkyl halides is 2. The Hall–Kier alpha value is -3.09. The zero-order chi connectivity index (χ0) is 26.6. The topological polar surface area (TPSA) is 83.9 Å². The highest BCUT2D eigenvalue weighted by Gasteiger charge is 2.42. The number of nitrogens with zero attached hydrogens (tertiary/aromatic N) is 4. The van der Waals surface area contributed by atoms with Gasteiger partial charge in [-0.2, -0.15) is 5.10 Å². The maximum absolute atomic E-state index is 15.7. The summed E-state index contributed by atoms with van der Waals surface area (Å²) in [6, 6.07) is 5.38. The second-order valence-corrected chi connectivity index (χ2v) is 11.5. The summed E-state index contributed by atoms with van der Waals surface area (Å²) >= 11 is 2.50. The number of imidazole rings is 1. The van der Waals surface area contributed by atoms with Gasteiger partial charge in [0, 0.05) is 30.4 Å². The highest BCUT2D eigenvalue weighted by atomic mass is 32.1. The largest absolute Gasteiger partial charge is 0.496 e. The number of furan rings is 1. The molecule has 3 unspecified atom stereocenters. The molecular weight excluding hydrogens is 534 g/mol. The fourth-order valence-electron chi connectivity index (χ4n) is 4.83. The molecule has 38 heavy (non-hydrogen) atoms. The average molecular weight is 561 g/mol. The van der Waals surface area contributed by atoms with Crippen LogP contribution in [-0.2, 0) is 17.0 Å². The summed E-state index contributed by atoms with van der Waals surface area (Å²) in [5, 5.41) is 7.63. The molecule has 0 amide bonds. The van der Waals surface area contributed by atoms with Crippen molar-refractivity contribution in [2.24, 2.45) is 0 Å². The number of thiazole rings is 1. The Morgan fingerprint density at radius 1 is 1.21 bits per heavy atom. The normalized spacial score (nSPS) is 22.8. The summed E-state index contributed by atoms with van der Waals surface area (Å²) in [7, 11) is 1.57. The first-order valence-corrected chi connectivity index (χ1v) is 13.9. The Morgan fingerprint density at radius 3 is 2.71 bits per heavy atom. The molecule has 8 nitrogen and oxygen atoms in total. The molecule has 0 N–H and O–H groups in total. The number of methoxy groups -OCH3 is 1. The average Bonchev–Trinajstić information content (AvgIpc) is 3.63. The Labute approximate surface area is 225 Å². The number of halogens is 2. The molecule has 5 aromatic rings. The number of ether oxygens (including phenoxy) is 3. The molecule has 200 valence electrons. The smallest absolute Gasteiger partial charge is 0.212 e. The molecule has 1 saturated heterocycles. The first-order valence-electron chi connectivity index (χ1n) is 12.2. The van der Waals surface area contributed by atoms with Gasteiger partial charge in [0.1, 0.15) is 34.4 Å². The van der Waals surface area contributed by atoms with Gasteiger partial charge < -0.3 is 18.6 Å². The predicted molar refractivity (Wildman–Crippen MR) is 141 cm³/mol. The summed E-state index contributed by atoms with van der Waals surface area (Å²) in [6.45, 7) is 5.38. The number of fused-ring (bicyclic) bond motifs is 2. The zero-order valence-electron chi connectivity index (χ0n) is 21.2. The molecule has 1 aliphatic heterocycles. The fraction of sp³-hybridized carbons (Fsp3) is 0.423. The van der Waals surface area contributed by atoms with E-state index in [1.54, 1.807) is 30.0 Å². The van der Waals surface area contributed by atoms with Crippen LogP contribution in [0.4, 0.5) is 8.78 Å². The number of hydrogen-bond acceptors (Lipinski definition) is 9. The highest BCUT2D eigenvalue weighted by molar-refractivity contribution is 7.16. The third-order valence-electron chi connectivity index (χ3n) is 6.46. The third-order valence-corrected chi connectivity index (χ3v) is 8.60. The second-order valence-electron chi connectivity index (χ2n) is 9.62. The molecule has 5 heterocycles. The van der Waals surface area contributed by atoms with E-state index in [0.29, 0.717) is 49.2 Å². The molecule has 0 radical (unpaired) electrons. The van der Waals surface area contributed by atoms with E-state index < -0.39 is 11.8 Å². The van der Waals surface area contributed by atoms with Crippen molar-refractivity contribution in [1.82, 2.24) is 19.6 Å². The summed E-state index contributed by atoms with van der Waals surface area (Å²) in [4.78, 5) is 9.69. The van der Waals surface area contributed by atoms with E-state index in [4.69, 9.17) is 18.6 Å². The molecule has 0 aliphatic carbocycles. The molecule has 4 aromatic heterocycles. The molecule has 12 heteroatoms. The maximum atomic E-state index is 15.7. The molecular formula is C26H26F2N4O4S2. The number of hydrogen-bond donors (Lipinski definition) is 0. The van der Waals surface area contributed by atoms with E-state index >= 15 is 4.39 Å². The lowest BCUT2D eigenvalue weighted by Crippen LogP contribution is -2.38. The molecule has 6 rings (SSSR count). The first kappa shape index (κ1) is 25.2. The van der Waals surface area contributed by atoms with E-state index in [0.717, 1.165) is 5.39 Å². The summed E-state index contributed by atoms with van der Waals surface area (Å²) < 4.78 is 54.2. The monoisotopic (exact) mass is 560 g/mol. The minimum Gasteiger partial charge on any atom is -0.496 e. The molecule has 1 aliphatic rings. The van der Waals surface area contributed by atoms with Crippen molar-refractivity contribution in [1.29, 1.82) is 0 Å². The van der Waals surface area contributed by atoms with Crippen LogP contribution in [-0.4, -0.2) is 38.9 Å². The van der Waals surface area contributed by atoms with Crippen LogP contribution in [0.5, 0.6) is 11.5 Å². The van der Waals surface area contributed by atoms with E-state index in [2.05, 4.69) is 15.1 Å². The van der Waals surface area contributed by atoms with E-state index in [-0.39, 0.29) is 31.7 Å². The zero-order valence-corrected chi connectivity index (χ0v) is 22.9. The summed E-state index contributed by atoms with van der Waals surface area (Å²) in [5.41, 5.74) is 0.273. The lowest BCUT2D eigenvalue weighted by atomic mass is 9.90. The molecule has 1 fully saturated rings. The van der Waals surface area contributed by atoms with Crippen LogP contribution in [0, 0.1) is 0 Å². The van der Waals surface area contributed by atoms with Crippen molar-refractivity contribution in [3.05, 3.63) is 45.5 Å². The van der Waals surface area contributed by atoms with Gasteiger partial charge in [-0.1, -0.05) is 11.3 Å². The minimum absolute atomic E-state index is 0.158. The minimum atomic E-state index is -1.50. The van der Waals surface area contributed by atoms with E-state index in [9.17, 15) is 4.39 Å². The van der Waals surface area contributed by atoms with Crippen LogP contribution in [0.3, 0.4) is 0 Å². The lowest BCUT2D eigenvalue weighted by molar-refractivity contribution is -0.101. The van der Waals surface area contributed by atoms with Gasteiger partial charge >= 0.3 is 0 Å². The second kappa shape index (κ2) is 9.58. The van der Waals surface area contributed by atoms with Crippen LogP contribution >= 0.6 is 22.7 Å². The molecule has 3 atom stereocenters. The van der Waals surface area contributed by atoms with E-state index in [1.165, 1.54) is 29.6 Å². The van der Waals surface area contributed by atoms with Crippen LogP contribution in [0.25, 0.3) is 27.4 Å². The first-order chi connectivity index (χ1) is 18.2. The van der Waals surface area contributed by atoms with E-state index in [1.807, 2.05) is 25.3 Å². The van der Waals surface area contributed by atoms with Crippen molar-refractivity contribution < 1.29 is 27.4 Å². The van der Waals surface area contributed by atoms with Crippen molar-refractivity contribution in [3.8, 4) is 23.0 Å².